The van der Waals surface area contributed by atoms with E-state index in [4.69, 9.17) is 0 Å². The first kappa shape index (κ1) is 13.0. The lowest BCUT2D eigenvalue weighted by Gasteiger charge is -2.15. The third kappa shape index (κ3) is 2.54. The van der Waals surface area contributed by atoms with Gasteiger partial charge in [-0.3, -0.25) is 0 Å². The molecule has 0 unspecified atom stereocenters. The van der Waals surface area contributed by atoms with E-state index in [0.29, 0.717) is 5.56 Å². The largest absolute Gasteiger partial charge is 0.252 e. The van der Waals surface area contributed by atoms with Crippen LogP contribution in [0.4, 0.5) is 0 Å². The van der Waals surface area contributed by atoms with Crippen molar-refractivity contribution in [3.8, 4) is 0 Å². The number of rotatable bonds is 2. The van der Waals surface area contributed by atoms with Crippen molar-refractivity contribution in [2.24, 2.45) is 4.40 Å². The first-order valence-electron chi connectivity index (χ1n) is 5.04. The fourth-order valence-corrected chi connectivity index (χ4v) is 3.16. The van der Waals surface area contributed by atoms with Crippen molar-refractivity contribution >= 4 is 25.9 Å². The lowest BCUT2D eigenvalue weighted by atomic mass is 10.1. The van der Waals surface area contributed by atoms with E-state index in [9.17, 15) is 16.8 Å². The van der Waals surface area contributed by atoms with Crippen LogP contribution in [0.1, 0.15) is 11.1 Å². The summed E-state index contributed by atoms with van der Waals surface area (Å²) < 4.78 is 50.4. The van der Waals surface area contributed by atoms with Crippen molar-refractivity contribution < 1.29 is 16.8 Å². The Labute approximate surface area is 106 Å². The highest BCUT2D eigenvalue weighted by Crippen LogP contribution is 2.25. The number of nitrogens with zero attached hydrogens (tertiary/aromatic N) is 2. The van der Waals surface area contributed by atoms with Crippen LogP contribution < -0.4 is 0 Å². The maximum atomic E-state index is 11.6. The van der Waals surface area contributed by atoms with Gasteiger partial charge < -0.3 is 0 Å². The van der Waals surface area contributed by atoms with E-state index < -0.39 is 20.0 Å². The molecule has 1 aliphatic rings. The Hall–Kier alpha value is -1.41. The second-order valence-corrected chi connectivity index (χ2v) is 7.63. The zero-order valence-electron chi connectivity index (χ0n) is 9.86. The molecule has 0 N–H and O–H groups in total. The molecular formula is C10H12N2O4S2. The summed E-state index contributed by atoms with van der Waals surface area (Å²) in [7, 11) is -7.22. The van der Waals surface area contributed by atoms with Gasteiger partial charge in [-0.25, -0.2) is 21.1 Å². The lowest BCUT2D eigenvalue weighted by molar-refractivity contribution is 0.534. The number of hydrogen-bond acceptors (Lipinski definition) is 4. The minimum absolute atomic E-state index is 0.0319. The zero-order chi connectivity index (χ0) is 13.6. The Kier molecular flexibility index (Phi) is 2.94. The van der Waals surface area contributed by atoms with E-state index in [1.54, 1.807) is 24.3 Å². The molecule has 1 aliphatic heterocycles. The SMILES string of the molecule is CS(=O)(=O)/N=C1/c2ccccc2CN1S(C)(=O)=O. The summed E-state index contributed by atoms with van der Waals surface area (Å²) in [6, 6.07) is 6.88. The minimum atomic E-state index is -3.66. The van der Waals surface area contributed by atoms with Crippen molar-refractivity contribution in [3.63, 3.8) is 0 Å². The zero-order valence-corrected chi connectivity index (χ0v) is 11.5. The van der Waals surface area contributed by atoms with Gasteiger partial charge in [0.2, 0.25) is 10.0 Å². The second kappa shape index (κ2) is 4.06. The molecular weight excluding hydrogens is 276 g/mol. The monoisotopic (exact) mass is 288 g/mol. The van der Waals surface area contributed by atoms with Gasteiger partial charge in [0, 0.05) is 5.56 Å². The van der Waals surface area contributed by atoms with E-state index in [-0.39, 0.29) is 12.4 Å². The van der Waals surface area contributed by atoms with Crippen LogP contribution in [0.25, 0.3) is 0 Å². The maximum absolute atomic E-state index is 11.6. The summed E-state index contributed by atoms with van der Waals surface area (Å²) in [5.41, 5.74) is 1.28. The molecule has 1 aromatic carbocycles. The predicted molar refractivity (Wildman–Crippen MR) is 68.2 cm³/mol. The molecule has 0 radical (unpaired) electrons. The average Bonchev–Trinajstić information content (AvgIpc) is 2.55. The number of hydrogen-bond donors (Lipinski definition) is 0. The standard InChI is InChI=1S/C10H12N2O4S2/c1-17(13,14)11-10-9-6-4-3-5-8(9)7-12(10)18(2,15)16/h3-6H,7H2,1-2H3/b11-10-. The molecule has 1 heterocycles. The van der Waals surface area contributed by atoms with Crippen molar-refractivity contribution in [3.05, 3.63) is 35.4 Å². The van der Waals surface area contributed by atoms with E-state index in [1.165, 1.54) is 0 Å². The van der Waals surface area contributed by atoms with Crippen LogP contribution in [0.3, 0.4) is 0 Å². The topological polar surface area (TPSA) is 83.9 Å². The quantitative estimate of drug-likeness (QED) is 0.776. The normalized spacial score (nSPS) is 18.1. The summed E-state index contributed by atoms with van der Waals surface area (Å²) in [6.07, 6.45) is 1.96. The molecule has 0 aliphatic carbocycles. The van der Waals surface area contributed by atoms with Crippen LogP contribution in [-0.4, -0.2) is 39.5 Å². The van der Waals surface area contributed by atoms with Crippen LogP contribution in [0.5, 0.6) is 0 Å². The van der Waals surface area contributed by atoms with Gasteiger partial charge in [0.05, 0.1) is 19.1 Å². The molecule has 0 amide bonds. The Morgan fingerprint density at radius 1 is 1.11 bits per heavy atom. The molecule has 1 aromatic rings. The number of benzene rings is 1. The van der Waals surface area contributed by atoms with E-state index in [2.05, 4.69) is 4.40 Å². The Morgan fingerprint density at radius 2 is 1.72 bits per heavy atom. The van der Waals surface area contributed by atoms with Crippen LogP contribution in [0.2, 0.25) is 0 Å². The van der Waals surface area contributed by atoms with Crippen molar-refractivity contribution in [1.29, 1.82) is 0 Å². The van der Waals surface area contributed by atoms with Crippen molar-refractivity contribution in [2.75, 3.05) is 12.5 Å². The predicted octanol–water partition coefficient (Wildman–Crippen LogP) is 0.168. The molecule has 0 spiro atoms. The molecule has 8 heteroatoms. The second-order valence-electron chi connectivity index (χ2n) is 4.07. The molecule has 6 nitrogen and oxygen atoms in total. The van der Waals surface area contributed by atoms with Crippen LogP contribution in [0, 0.1) is 0 Å². The van der Waals surface area contributed by atoms with Crippen LogP contribution in [-0.2, 0) is 26.6 Å². The van der Waals surface area contributed by atoms with Gasteiger partial charge in [-0.05, 0) is 5.56 Å². The Bertz CT molecular complexity index is 720. The highest BCUT2D eigenvalue weighted by atomic mass is 32.2. The smallest absolute Gasteiger partial charge is 0.248 e. The van der Waals surface area contributed by atoms with E-state index in [1.807, 2.05) is 0 Å². The van der Waals surface area contributed by atoms with Crippen LogP contribution >= 0.6 is 0 Å². The third-order valence-corrected chi connectivity index (χ3v) is 4.07. The highest BCUT2D eigenvalue weighted by Gasteiger charge is 2.32. The van der Waals surface area contributed by atoms with Crippen molar-refractivity contribution in [1.82, 2.24) is 4.31 Å². The van der Waals surface area contributed by atoms with Gasteiger partial charge in [0.15, 0.2) is 5.84 Å². The number of amidine groups is 1. The minimum Gasteiger partial charge on any atom is -0.248 e. The Balaban J connectivity index is 2.67. The van der Waals surface area contributed by atoms with Gasteiger partial charge in [0.25, 0.3) is 10.0 Å². The molecule has 0 aromatic heterocycles. The third-order valence-electron chi connectivity index (χ3n) is 2.46. The summed E-state index contributed by atoms with van der Waals surface area (Å²) >= 11 is 0. The molecule has 98 valence electrons. The molecule has 0 atom stereocenters. The summed E-state index contributed by atoms with van der Waals surface area (Å²) in [6.45, 7) is 0.114. The lowest BCUT2D eigenvalue weighted by Crippen LogP contribution is -2.31. The van der Waals surface area contributed by atoms with Gasteiger partial charge in [-0.2, -0.15) is 0 Å². The summed E-state index contributed by atoms with van der Waals surface area (Å²) in [5, 5.41) is 0. The first-order valence-corrected chi connectivity index (χ1v) is 8.74. The van der Waals surface area contributed by atoms with Gasteiger partial charge in [0.1, 0.15) is 0 Å². The van der Waals surface area contributed by atoms with Gasteiger partial charge in [-0.1, -0.05) is 24.3 Å². The van der Waals surface area contributed by atoms with Crippen molar-refractivity contribution in [2.45, 2.75) is 6.54 Å². The Morgan fingerprint density at radius 3 is 2.28 bits per heavy atom. The summed E-state index contributed by atoms with van der Waals surface area (Å²) in [4.78, 5) is 0. The first-order chi connectivity index (χ1) is 8.18. The number of fused-ring (bicyclic) bond motifs is 1. The van der Waals surface area contributed by atoms with E-state index >= 15 is 0 Å². The molecule has 0 bridgehead atoms. The molecule has 0 saturated heterocycles. The maximum Gasteiger partial charge on any atom is 0.252 e. The van der Waals surface area contributed by atoms with E-state index in [0.717, 1.165) is 22.4 Å². The fraction of sp³-hybridized carbons (Fsp3) is 0.300. The van der Waals surface area contributed by atoms with Gasteiger partial charge >= 0.3 is 0 Å². The van der Waals surface area contributed by atoms with Crippen LogP contribution in [0.15, 0.2) is 28.7 Å². The molecule has 2 rings (SSSR count). The fourth-order valence-electron chi connectivity index (χ4n) is 1.77. The molecule has 0 fully saturated rings. The molecule has 0 saturated carbocycles. The highest BCUT2D eigenvalue weighted by molar-refractivity contribution is 7.90. The number of sulfonamides is 2. The van der Waals surface area contributed by atoms with Gasteiger partial charge in [-0.15, -0.1) is 4.40 Å². The average molecular weight is 288 g/mol. The molecule has 18 heavy (non-hydrogen) atoms. The summed E-state index contributed by atoms with van der Waals surface area (Å²) in [5.74, 6) is -0.0319.